The number of halogens is 5. The Bertz CT molecular complexity index is 628. The maximum absolute atomic E-state index is 14.5. The van der Waals surface area contributed by atoms with E-state index in [1.54, 1.807) is 23.5 Å². The fourth-order valence-electron chi connectivity index (χ4n) is 1.92. The molecule has 2 rings (SSSR count). The largest absolute Gasteiger partial charge is 0.306 e. The van der Waals surface area contributed by atoms with Crippen molar-refractivity contribution in [2.75, 3.05) is 6.54 Å². The molecule has 2 aromatic rings. The van der Waals surface area contributed by atoms with Gasteiger partial charge in [0.15, 0.2) is 0 Å². The predicted molar refractivity (Wildman–Crippen MR) is 99.0 cm³/mol. The summed E-state index contributed by atoms with van der Waals surface area (Å²) in [6.45, 7) is 2.88. The molecule has 0 radical (unpaired) electrons. The summed E-state index contributed by atoms with van der Waals surface area (Å²) in [5.74, 6) is -0.389. The molecule has 0 aliphatic rings. The molecule has 0 fully saturated rings. The first kappa shape index (κ1) is 17.9. The molecule has 0 saturated heterocycles. The highest BCUT2D eigenvalue weighted by molar-refractivity contribution is 9.13. The summed E-state index contributed by atoms with van der Waals surface area (Å²) in [6.07, 6.45) is 0.968. The molecule has 0 aliphatic carbocycles. The third kappa shape index (κ3) is 4.09. The van der Waals surface area contributed by atoms with Gasteiger partial charge in [0.05, 0.1) is 14.9 Å². The van der Waals surface area contributed by atoms with Gasteiger partial charge in [-0.1, -0.05) is 24.6 Å². The number of benzene rings is 1. The summed E-state index contributed by atoms with van der Waals surface area (Å²) in [5.41, 5.74) is 0.554. The van der Waals surface area contributed by atoms with E-state index in [1.807, 2.05) is 6.07 Å². The Morgan fingerprint density at radius 2 is 2.00 bits per heavy atom. The molecule has 7 heteroatoms. The molecule has 1 N–H and O–H groups in total. The highest BCUT2D eigenvalue weighted by Crippen LogP contribution is 2.39. The zero-order chi connectivity index (χ0) is 15.6. The summed E-state index contributed by atoms with van der Waals surface area (Å²) in [6, 6.07) is 5.32. The second-order valence-corrected chi connectivity index (χ2v) is 8.91. The number of hydrogen-bond acceptors (Lipinski definition) is 2. The van der Waals surface area contributed by atoms with Crippen molar-refractivity contribution in [1.82, 2.24) is 5.32 Å². The van der Waals surface area contributed by atoms with Crippen molar-refractivity contribution in [2.24, 2.45) is 0 Å². The van der Waals surface area contributed by atoms with E-state index in [9.17, 15) is 4.39 Å². The molecule has 1 aromatic carbocycles. The van der Waals surface area contributed by atoms with Gasteiger partial charge in [-0.2, -0.15) is 0 Å². The Labute approximate surface area is 157 Å². The second-order valence-electron chi connectivity index (χ2n) is 4.42. The lowest BCUT2D eigenvalue weighted by Gasteiger charge is -2.19. The topological polar surface area (TPSA) is 12.0 Å². The molecule has 0 amide bonds. The van der Waals surface area contributed by atoms with Crippen LogP contribution in [0.3, 0.4) is 0 Å². The van der Waals surface area contributed by atoms with Crippen LogP contribution in [0.15, 0.2) is 30.9 Å². The molecular formula is C14H12Br3ClFNS. The van der Waals surface area contributed by atoms with E-state index in [0.29, 0.717) is 10.0 Å². The van der Waals surface area contributed by atoms with Crippen LogP contribution in [0.2, 0.25) is 5.02 Å². The van der Waals surface area contributed by atoms with Crippen molar-refractivity contribution in [3.05, 3.63) is 52.2 Å². The molecule has 1 nitrogen and oxygen atoms in total. The van der Waals surface area contributed by atoms with E-state index in [2.05, 4.69) is 60.0 Å². The summed E-state index contributed by atoms with van der Waals surface area (Å²) >= 11 is 17.8. The maximum Gasteiger partial charge on any atom is 0.148 e. The quantitative estimate of drug-likeness (QED) is 0.422. The van der Waals surface area contributed by atoms with Crippen molar-refractivity contribution in [1.29, 1.82) is 0 Å². The lowest BCUT2D eigenvalue weighted by atomic mass is 10.0. The van der Waals surface area contributed by atoms with Crippen molar-refractivity contribution >= 4 is 70.7 Å². The Balaban J connectivity index is 2.47. The van der Waals surface area contributed by atoms with Gasteiger partial charge in [-0.3, -0.25) is 0 Å². The summed E-state index contributed by atoms with van der Waals surface area (Å²) in [4.78, 5) is 1.03. The fourth-order valence-corrected chi connectivity index (χ4v) is 4.58. The Kier molecular flexibility index (Phi) is 6.71. The van der Waals surface area contributed by atoms with Gasteiger partial charge in [0.25, 0.3) is 0 Å². The third-order valence-electron chi connectivity index (χ3n) is 2.92. The molecule has 1 heterocycles. The molecule has 0 spiro atoms. The van der Waals surface area contributed by atoms with Crippen LogP contribution in [-0.4, -0.2) is 6.54 Å². The number of nitrogens with one attached hydrogen (secondary N) is 1. The molecule has 1 atom stereocenters. The van der Waals surface area contributed by atoms with E-state index in [4.69, 9.17) is 11.6 Å². The predicted octanol–water partition coefficient (Wildman–Crippen LogP) is 6.92. The number of hydrogen-bond donors (Lipinski definition) is 1. The van der Waals surface area contributed by atoms with Gasteiger partial charge in [-0.15, -0.1) is 11.3 Å². The Hall–Kier alpha value is 0.540. The minimum absolute atomic E-state index is 0.116. The number of thiophene rings is 1. The molecular weight excluding hydrogens is 508 g/mol. The van der Waals surface area contributed by atoms with Crippen molar-refractivity contribution < 1.29 is 4.39 Å². The van der Waals surface area contributed by atoms with Gasteiger partial charge >= 0.3 is 0 Å². The minimum Gasteiger partial charge on any atom is -0.306 e. The van der Waals surface area contributed by atoms with Crippen LogP contribution in [0.5, 0.6) is 0 Å². The monoisotopic (exact) mass is 517 g/mol. The van der Waals surface area contributed by atoms with Crippen LogP contribution >= 0.6 is 70.7 Å². The molecule has 1 unspecified atom stereocenters. The molecule has 114 valence electrons. The second kappa shape index (κ2) is 7.88. The minimum atomic E-state index is -0.389. The molecule has 21 heavy (non-hydrogen) atoms. The van der Waals surface area contributed by atoms with Crippen molar-refractivity contribution in [2.45, 2.75) is 19.4 Å². The van der Waals surface area contributed by atoms with Gasteiger partial charge in [-0.25, -0.2) is 4.39 Å². The van der Waals surface area contributed by atoms with Crippen LogP contribution in [-0.2, 0) is 0 Å². The van der Waals surface area contributed by atoms with Crippen LogP contribution in [0.4, 0.5) is 4.39 Å². The van der Waals surface area contributed by atoms with E-state index in [0.717, 1.165) is 26.1 Å². The zero-order valence-corrected chi connectivity index (χ0v) is 17.4. The first-order valence-electron chi connectivity index (χ1n) is 6.27. The van der Waals surface area contributed by atoms with Crippen molar-refractivity contribution in [3.63, 3.8) is 0 Å². The van der Waals surface area contributed by atoms with Crippen LogP contribution in [0.1, 0.15) is 29.8 Å². The Morgan fingerprint density at radius 1 is 1.29 bits per heavy atom. The SMILES string of the molecule is CCCNC(c1cc(Br)c(Br)s1)c1ccc(Br)c(Cl)c1F. The lowest BCUT2D eigenvalue weighted by Crippen LogP contribution is -2.23. The van der Waals surface area contributed by atoms with Gasteiger partial charge in [0.1, 0.15) is 5.82 Å². The average Bonchev–Trinajstić information content (AvgIpc) is 2.78. The standard InChI is InChI=1S/C14H12Br3ClFNS/c1-2-5-20-13(10-6-9(16)14(17)21-10)7-3-4-8(15)11(18)12(7)19/h3-4,6,13,20H,2,5H2,1H3. The van der Waals surface area contributed by atoms with Gasteiger partial charge < -0.3 is 5.32 Å². The van der Waals surface area contributed by atoms with Crippen LogP contribution in [0, 0.1) is 5.82 Å². The van der Waals surface area contributed by atoms with E-state index < -0.39 is 0 Å². The smallest absolute Gasteiger partial charge is 0.148 e. The summed E-state index contributed by atoms with van der Waals surface area (Å²) in [5, 5.41) is 3.50. The molecule has 1 aromatic heterocycles. The highest BCUT2D eigenvalue weighted by Gasteiger charge is 2.22. The van der Waals surface area contributed by atoms with Gasteiger partial charge in [0, 0.05) is 19.4 Å². The van der Waals surface area contributed by atoms with Crippen molar-refractivity contribution in [3.8, 4) is 0 Å². The van der Waals surface area contributed by atoms with Gasteiger partial charge in [-0.05, 0) is 72.9 Å². The third-order valence-corrected chi connectivity index (χ3v) is 7.50. The average molecular weight is 520 g/mol. The van der Waals surface area contributed by atoms with Crippen LogP contribution < -0.4 is 5.32 Å². The van der Waals surface area contributed by atoms with E-state index in [-0.39, 0.29) is 16.9 Å². The van der Waals surface area contributed by atoms with E-state index in [1.165, 1.54) is 0 Å². The first-order chi connectivity index (χ1) is 9.95. The fraction of sp³-hybridized carbons (Fsp3) is 0.286. The lowest BCUT2D eigenvalue weighted by molar-refractivity contribution is 0.551. The molecule has 0 saturated carbocycles. The number of rotatable bonds is 5. The normalized spacial score (nSPS) is 12.7. The van der Waals surface area contributed by atoms with E-state index >= 15 is 0 Å². The highest BCUT2D eigenvalue weighted by atomic mass is 79.9. The molecule has 0 bridgehead atoms. The molecule has 0 aliphatic heterocycles. The maximum atomic E-state index is 14.5. The summed E-state index contributed by atoms with van der Waals surface area (Å²) in [7, 11) is 0. The van der Waals surface area contributed by atoms with Crippen LogP contribution in [0.25, 0.3) is 0 Å². The zero-order valence-electron chi connectivity index (χ0n) is 11.0. The first-order valence-corrected chi connectivity index (χ1v) is 9.84. The van der Waals surface area contributed by atoms with Gasteiger partial charge in [0.2, 0.25) is 0 Å². The summed E-state index contributed by atoms with van der Waals surface area (Å²) < 4.78 is 17.0. The Morgan fingerprint density at radius 3 is 2.57 bits per heavy atom.